The Morgan fingerprint density at radius 2 is 1.72 bits per heavy atom. The predicted molar refractivity (Wildman–Crippen MR) is 67.8 cm³/mol. The van der Waals surface area contributed by atoms with E-state index in [2.05, 4.69) is 5.32 Å². The van der Waals surface area contributed by atoms with Crippen molar-refractivity contribution in [2.24, 2.45) is 0 Å². The van der Waals surface area contributed by atoms with Crippen molar-refractivity contribution >= 4 is 5.69 Å². The molecule has 0 heterocycles. The van der Waals surface area contributed by atoms with Crippen LogP contribution in [0.4, 0.5) is 14.5 Å². The number of hydrogen-bond donors (Lipinski definition) is 2. The maximum atomic E-state index is 13.3. The van der Waals surface area contributed by atoms with Crippen LogP contribution < -0.4 is 11.1 Å². The second kappa shape index (κ2) is 5.60. The fraction of sp³-hybridized carbons (Fsp3) is 0.143. The summed E-state index contributed by atoms with van der Waals surface area (Å²) < 4.78 is 26.5. The van der Waals surface area contributed by atoms with E-state index in [-0.39, 0.29) is 11.5 Å². The van der Waals surface area contributed by atoms with Crippen molar-refractivity contribution in [3.63, 3.8) is 0 Å². The Morgan fingerprint density at radius 3 is 2.44 bits per heavy atom. The molecule has 2 nitrogen and oxygen atoms in total. The van der Waals surface area contributed by atoms with Gasteiger partial charge < -0.3 is 11.1 Å². The molecule has 94 valence electrons. The van der Waals surface area contributed by atoms with Crippen LogP contribution in [0, 0.1) is 11.6 Å². The molecular weight excluding hydrogens is 234 g/mol. The highest BCUT2D eigenvalue weighted by atomic mass is 19.1. The summed E-state index contributed by atoms with van der Waals surface area (Å²) in [5.41, 5.74) is 6.88. The minimum atomic E-state index is -0.430. The molecule has 0 aliphatic carbocycles. The zero-order chi connectivity index (χ0) is 13.0. The van der Waals surface area contributed by atoms with Crippen LogP contribution in [0.25, 0.3) is 0 Å². The first kappa shape index (κ1) is 12.5. The highest BCUT2D eigenvalue weighted by molar-refractivity contribution is 5.41. The van der Waals surface area contributed by atoms with Crippen molar-refractivity contribution in [2.75, 3.05) is 5.73 Å². The molecule has 0 atom stereocenters. The zero-order valence-electron chi connectivity index (χ0n) is 9.79. The molecule has 0 saturated carbocycles. The first-order chi connectivity index (χ1) is 8.66. The van der Waals surface area contributed by atoms with E-state index in [1.54, 1.807) is 24.3 Å². The molecule has 2 rings (SSSR count). The third-order valence-corrected chi connectivity index (χ3v) is 2.67. The van der Waals surface area contributed by atoms with Crippen LogP contribution >= 0.6 is 0 Å². The average Bonchev–Trinajstić information content (AvgIpc) is 2.36. The lowest BCUT2D eigenvalue weighted by Gasteiger charge is -2.07. The van der Waals surface area contributed by atoms with Crippen LogP contribution in [0.2, 0.25) is 0 Å². The van der Waals surface area contributed by atoms with Crippen LogP contribution in [0.5, 0.6) is 0 Å². The quantitative estimate of drug-likeness (QED) is 0.816. The van der Waals surface area contributed by atoms with Crippen molar-refractivity contribution < 1.29 is 8.78 Å². The molecule has 18 heavy (non-hydrogen) atoms. The molecule has 0 amide bonds. The van der Waals surface area contributed by atoms with Gasteiger partial charge in [0, 0.05) is 18.7 Å². The van der Waals surface area contributed by atoms with E-state index in [9.17, 15) is 8.78 Å². The Hall–Kier alpha value is -1.94. The van der Waals surface area contributed by atoms with Gasteiger partial charge in [-0.1, -0.05) is 24.3 Å². The SMILES string of the molecule is Nc1ccc(CNCc2ccccc2F)cc1F. The Kier molecular flexibility index (Phi) is 3.89. The summed E-state index contributed by atoms with van der Waals surface area (Å²) in [6.45, 7) is 0.865. The summed E-state index contributed by atoms with van der Waals surface area (Å²) in [6.07, 6.45) is 0. The molecule has 0 fully saturated rings. The lowest BCUT2D eigenvalue weighted by molar-refractivity contribution is 0.586. The van der Waals surface area contributed by atoms with Gasteiger partial charge in [0.25, 0.3) is 0 Å². The Labute approximate surface area is 104 Å². The molecule has 0 saturated heterocycles. The third kappa shape index (κ3) is 3.05. The van der Waals surface area contributed by atoms with Gasteiger partial charge in [0.2, 0.25) is 0 Å². The molecule has 3 N–H and O–H groups in total. The second-order valence-electron chi connectivity index (χ2n) is 4.05. The lowest BCUT2D eigenvalue weighted by atomic mass is 10.2. The van der Waals surface area contributed by atoms with Gasteiger partial charge in [-0.3, -0.25) is 0 Å². The smallest absolute Gasteiger partial charge is 0.146 e. The number of halogens is 2. The van der Waals surface area contributed by atoms with E-state index in [4.69, 9.17) is 5.73 Å². The van der Waals surface area contributed by atoms with Gasteiger partial charge in [-0.25, -0.2) is 8.78 Å². The van der Waals surface area contributed by atoms with E-state index < -0.39 is 5.82 Å². The van der Waals surface area contributed by atoms with Gasteiger partial charge in [-0.2, -0.15) is 0 Å². The van der Waals surface area contributed by atoms with Crippen LogP contribution in [0.1, 0.15) is 11.1 Å². The largest absolute Gasteiger partial charge is 0.396 e. The van der Waals surface area contributed by atoms with E-state index >= 15 is 0 Å². The molecule has 0 aromatic heterocycles. The molecule has 0 bridgehead atoms. The van der Waals surface area contributed by atoms with Gasteiger partial charge in [-0.15, -0.1) is 0 Å². The zero-order valence-corrected chi connectivity index (χ0v) is 9.79. The third-order valence-electron chi connectivity index (χ3n) is 2.67. The average molecular weight is 248 g/mol. The summed E-state index contributed by atoms with van der Waals surface area (Å²) >= 11 is 0. The number of nitrogen functional groups attached to an aromatic ring is 1. The Bertz CT molecular complexity index is 541. The highest BCUT2D eigenvalue weighted by Crippen LogP contribution is 2.12. The molecule has 0 spiro atoms. The van der Waals surface area contributed by atoms with Gasteiger partial charge in [0.05, 0.1) is 5.69 Å². The normalized spacial score (nSPS) is 10.6. The minimum Gasteiger partial charge on any atom is -0.396 e. The first-order valence-corrected chi connectivity index (χ1v) is 5.65. The molecule has 2 aromatic rings. The molecular formula is C14H14F2N2. The number of nitrogens with two attached hydrogens (primary N) is 1. The van der Waals surface area contributed by atoms with Crippen molar-refractivity contribution in [3.8, 4) is 0 Å². The monoisotopic (exact) mass is 248 g/mol. The van der Waals surface area contributed by atoms with Crippen molar-refractivity contribution in [1.82, 2.24) is 5.32 Å². The molecule has 0 radical (unpaired) electrons. The lowest BCUT2D eigenvalue weighted by Crippen LogP contribution is -2.13. The van der Waals surface area contributed by atoms with E-state index in [1.807, 2.05) is 0 Å². The fourth-order valence-corrected chi connectivity index (χ4v) is 1.66. The summed E-state index contributed by atoms with van der Waals surface area (Å²) in [4.78, 5) is 0. The summed E-state index contributed by atoms with van der Waals surface area (Å²) in [6, 6.07) is 11.2. The van der Waals surface area contributed by atoms with Crippen LogP contribution in [0.3, 0.4) is 0 Å². The van der Waals surface area contributed by atoms with Gasteiger partial charge in [0.1, 0.15) is 11.6 Å². The van der Waals surface area contributed by atoms with E-state index in [1.165, 1.54) is 18.2 Å². The molecule has 2 aromatic carbocycles. The van der Waals surface area contributed by atoms with E-state index in [0.717, 1.165) is 5.56 Å². The maximum absolute atomic E-state index is 13.3. The number of anilines is 1. The molecule has 0 aliphatic rings. The molecule has 0 unspecified atom stereocenters. The topological polar surface area (TPSA) is 38.0 Å². The van der Waals surface area contributed by atoms with Crippen LogP contribution in [0.15, 0.2) is 42.5 Å². The fourth-order valence-electron chi connectivity index (χ4n) is 1.66. The summed E-state index contributed by atoms with van der Waals surface area (Å²) in [7, 11) is 0. The Morgan fingerprint density at radius 1 is 0.944 bits per heavy atom. The van der Waals surface area contributed by atoms with Crippen molar-refractivity contribution in [3.05, 3.63) is 65.2 Å². The number of rotatable bonds is 4. The first-order valence-electron chi connectivity index (χ1n) is 5.65. The Balaban J connectivity index is 1.92. The highest BCUT2D eigenvalue weighted by Gasteiger charge is 2.02. The van der Waals surface area contributed by atoms with Gasteiger partial charge in [-0.05, 0) is 23.8 Å². The second-order valence-corrected chi connectivity index (χ2v) is 4.05. The number of hydrogen-bond acceptors (Lipinski definition) is 2. The number of benzene rings is 2. The summed E-state index contributed by atoms with van der Waals surface area (Å²) in [5, 5.41) is 3.06. The van der Waals surface area contributed by atoms with Gasteiger partial charge >= 0.3 is 0 Å². The molecule has 0 aliphatic heterocycles. The molecule has 4 heteroatoms. The minimum absolute atomic E-state index is 0.132. The standard InChI is InChI=1S/C14H14F2N2/c15-12-4-2-1-3-11(12)9-18-8-10-5-6-14(17)13(16)7-10/h1-7,18H,8-9,17H2. The predicted octanol–water partition coefficient (Wildman–Crippen LogP) is 2.84. The van der Waals surface area contributed by atoms with Crippen LogP contribution in [-0.4, -0.2) is 0 Å². The summed E-state index contributed by atoms with van der Waals surface area (Å²) in [5.74, 6) is -0.673. The van der Waals surface area contributed by atoms with Crippen molar-refractivity contribution in [2.45, 2.75) is 13.1 Å². The van der Waals surface area contributed by atoms with E-state index in [0.29, 0.717) is 18.7 Å². The number of nitrogens with one attached hydrogen (secondary N) is 1. The van der Waals surface area contributed by atoms with Gasteiger partial charge in [0.15, 0.2) is 0 Å². The van der Waals surface area contributed by atoms with Crippen LogP contribution in [-0.2, 0) is 13.1 Å². The maximum Gasteiger partial charge on any atom is 0.146 e. The van der Waals surface area contributed by atoms with Crippen molar-refractivity contribution in [1.29, 1.82) is 0 Å².